The molecule has 0 saturated carbocycles. The van der Waals surface area contributed by atoms with Crippen LogP contribution in [0.25, 0.3) is 0 Å². The predicted octanol–water partition coefficient (Wildman–Crippen LogP) is 4.71. The Bertz CT molecular complexity index is 734. The number of amides is 1. The molecular weight excluding hydrogens is 381 g/mol. The first-order valence-corrected chi connectivity index (χ1v) is 7.22. The summed E-state index contributed by atoms with van der Waals surface area (Å²) in [6.45, 7) is 0. The van der Waals surface area contributed by atoms with Crippen LogP contribution in [0.5, 0.6) is 0 Å². The summed E-state index contributed by atoms with van der Waals surface area (Å²) >= 11 is 15.0. The molecule has 0 unspecified atom stereocenters. The number of carbonyl (C=O) groups excluding carboxylic acids is 1. The summed E-state index contributed by atoms with van der Waals surface area (Å²) in [5.41, 5.74) is 0.615. The SMILES string of the molecule is O=C(O)c1ccc(Cl)c(NC(=O)c2ccc(Cl)cc2Br)c1. The van der Waals surface area contributed by atoms with E-state index in [-0.39, 0.29) is 16.3 Å². The van der Waals surface area contributed by atoms with E-state index in [9.17, 15) is 9.59 Å². The Morgan fingerprint density at radius 2 is 1.81 bits per heavy atom. The van der Waals surface area contributed by atoms with Gasteiger partial charge in [-0.05, 0) is 52.3 Å². The van der Waals surface area contributed by atoms with Crippen LogP contribution in [0, 0.1) is 0 Å². The van der Waals surface area contributed by atoms with E-state index in [0.29, 0.717) is 15.1 Å². The fourth-order valence-electron chi connectivity index (χ4n) is 1.62. The highest BCUT2D eigenvalue weighted by atomic mass is 79.9. The van der Waals surface area contributed by atoms with Crippen molar-refractivity contribution in [2.24, 2.45) is 0 Å². The highest BCUT2D eigenvalue weighted by molar-refractivity contribution is 9.10. The van der Waals surface area contributed by atoms with Gasteiger partial charge in [0.2, 0.25) is 0 Å². The number of halogens is 3. The average Bonchev–Trinajstić information content (AvgIpc) is 2.40. The number of rotatable bonds is 3. The van der Waals surface area contributed by atoms with Gasteiger partial charge in [-0.25, -0.2) is 4.79 Å². The van der Waals surface area contributed by atoms with Crippen LogP contribution in [-0.2, 0) is 0 Å². The third-order valence-electron chi connectivity index (χ3n) is 2.64. The molecule has 0 aromatic heterocycles. The highest BCUT2D eigenvalue weighted by Crippen LogP contribution is 2.26. The van der Waals surface area contributed by atoms with Crippen molar-refractivity contribution in [2.75, 3.05) is 5.32 Å². The second kappa shape index (κ2) is 6.47. The minimum atomic E-state index is -1.10. The molecule has 2 N–H and O–H groups in total. The third kappa shape index (κ3) is 3.75. The zero-order valence-electron chi connectivity index (χ0n) is 10.4. The van der Waals surface area contributed by atoms with Gasteiger partial charge in [-0.15, -0.1) is 0 Å². The van der Waals surface area contributed by atoms with Crippen molar-refractivity contribution >= 4 is 56.7 Å². The lowest BCUT2D eigenvalue weighted by atomic mass is 10.1. The van der Waals surface area contributed by atoms with Crippen LogP contribution >= 0.6 is 39.1 Å². The molecule has 7 heteroatoms. The monoisotopic (exact) mass is 387 g/mol. The second-order valence-electron chi connectivity index (χ2n) is 4.08. The Labute approximate surface area is 138 Å². The maximum Gasteiger partial charge on any atom is 0.335 e. The Morgan fingerprint density at radius 3 is 2.43 bits per heavy atom. The van der Waals surface area contributed by atoms with E-state index in [2.05, 4.69) is 21.2 Å². The van der Waals surface area contributed by atoms with Crippen molar-refractivity contribution in [1.29, 1.82) is 0 Å². The van der Waals surface area contributed by atoms with Gasteiger partial charge in [-0.2, -0.15) is 0 Å². The third-order valence-corrected chi connectivity index (χ3v) is 3.86. The number of nitrogens with one attached hydrogen (secondary N) is 1. The van der Waals surface area contributed by atoms with E-state index in [1.54, 1.807) is 18.2 Å². The molecule has 2 aromatic carbocycles. The van der Waals surface area contributed by atoms with Crippen LogP contribution in [0.2, 0.25) is 10.0 Å². The lowest BCUT2D eigenvalue weighted by Crippen LogP contribution is -2.13. The van der Waals surface area contributed by atoms with E-state index in [1.165, 1.54) is 18.2 Å². The Kier molecular flexibility index (Phi) is 4.88. The van der Waals surface area contributed by atoms with Gasteiger partial charge in [-0.1, -0.05) is 23.2 Å². The van der Waals surface area contributed by atoms with Crippen LogP contribution in [0.15, 0.2) is 40.9 Å². The summed E-state index contributed by atoms with van der Waals surface area (Å²) in [5, 5.41) is 12.3. The molecule has 0 fully saturated rings. The van der Waals surface area contributed by atoms with Gasteiger partial charge in [0.1, 0.15) is 0 Å². The maximum atomic E-state index is 12.2. The first-order chi connectivity index (χ1) is 9.88. The average molecular weight is 389 g/mol. The molecule has 4 nitrogen and oxygen atoms in total. The molecule has 0 saturated heterocycles. The molecule has 0 aliphatic carbocycles. The zero-order valence-corrected chi connectivity index (χ0v) is 13.5. The predicted molar refractivity (Wildman–Crippen MR) is 85.5 cm³/mol. The largest absolute Gasteiger partial charge is 0.478 e. The summed E-state index contributed by atoms with van der Waals surface area (Å²) in [5.74, 6) is -1.53. The number of benzene rings is 2. The second-order valence-corrected chi connectivity index (χ2v) is 5.78. The maximum absolute atomic E-state index is 12.2. The molecule has 21 heavy (non-hydrogen) atoms. The van der Waals surface area contributed by atoms with Crippen LogP contribution in [0.1, 0.15) is 20.7 Å². The molecular formula is C14H8BrCl2NO3. The van der Waals surface area contributed by atoms with Crippen LogP contribution in [-0.4, -0.2) is 17.0 Å². The summed E-state index contributed by atoms with van der Waals surface area (Å²) < 4.78 is 0.526. The normalized spacial score (nSPS) is 10.2. The molecule has 0 spiro atoms. The number of anilines is 1. The number of carbonyl (C=O) groups is 2. The summed E-state index contributed by atoms with van der Waals surface area (Å²) in [6, 6.07) is 8.79. The van der Waals surface area contributed by atoms with Crippen molar-refractivity contribution in [3.8, 4) is 0 Å². The van der Waals surface area contributed by atoms with Gasteiger partial charge >= 0.3 is 5.97 Å². The molecule has 0 bridgehead atoms. The smallest absolute Gasteiger partial charge is 0.335 e. The number of aromatic carboxylic acids is 1. The molecule has 0 heterocycles. The summed E-state index contributed by atoms with van der Waals surface area (Å²) in [7, 11) is 0. The fourth-order valence-corrected chi connectivity index (χ4v) is 2.64. The standard InChI is InChI=1S/C14H8BrCl2NO3/c15-10-6-8(16)2-3-9(10)13(19)18-12-5-7(14(20)21)1-4-11(12)17/h1-6H,(H,18,19)(H,20,21). The van der Waals surface area contributed by atoms with Crippen LogP contribution in [0.4, 0.5) is 5.69 Å². The van der Waals surface area contributed by atoms with Gasteiger partial charge in [0, 0.05) is 9.50 Å². The van der Waals surface area contributed by atoms with Gasteiger partial charge < -0.3 is 10.4 Å². The topological polar surface area (TPSA) is 66.4 Å². The highest BCUT2D eigenvalue weighted by Gasteiger charge is 2.14. The van der Waals surface area contributed by atoms with Crippen molar-refractivity contribution in [2.45, 2.75) is 0 Å². The molecule has 0 radical (unpaired) electrons. The number of hydrogen-bond donors (Lipinski definition) is 2. The quantitative estimate of drug-likeness (QED) is 0.800. The van der Waals surface area contributed by atoms with E-state index in [0.717, 1.165) is 0 Å². The van der Waals surface area contributed by atoms with E-state index in [4.69, 9.17) is 28.3 Å². The van der Waals surface area contributed by atoms with Gasteiger partial charge in [-0.3, -0.25) is 4.79 Å². The molecule has 0 atom stereocenters. The van der Waals surface area contributed by atoms with Crippen molar-refractivity contribution in [3.63, 3.8) is 0 Å². The summed E-state index contributed by atoms with van der Waals surface area (Å²) in [4.78, 5) is 23.1. The van der Waals surface area contributed by atoms with Crippen molar-refractivity contribution in [3.05, 3.63) is 62.0 Å². The van der Waals surface area contributed by atoms with Crippen molar-refractivity contribution < 1.29 is 14.7 Å². The minimum Gasteiger partial charge on any atom is -0.478 e. The zero-order chi connectivity index (χ0) is 15.6. The van der Waals surface area contributed by atoms with Gasteiger partial charge in [0.15, 0.2) is 0 Å². The van der Waals surface area contributed by atoms with Gasteiger partial charge in [0.25, 0.3) is 5.91 Å². The minimum absolute atomic E-state index is 0.0323. The summed E-state index contributed by atoms with van der Waals surface area (Å²) in [6.07, 6.45) is 0. The van der Waals surface area contributed by atoms with Crippen LogP contribution in [0.3, 0.4) is 0 Å². The molecule has 0 aliphatic heterocycles. The fraction of sp³-hybridized carbons (Fsp3) is 0. The number of carboxylic acid groups (broad SMARTS) is 1. The lowest BCUT2D eigenvalue weighted by molar-refractivity contribution is 0.0696. The lowest BCUT2D eigenvalue weighted by Gasteiger charge is -2.09. The van der Waals surface area contributed by atoms with Crippen LogP contribution < -0.4 is 5.32 Å². The van der Waals surface area contributed by atoms with E-state index >= 15 is 0 Å². The number of carboxylic acids is 1. The Morgan fingerprint density at radius 1 is 1.10 bits per heavy atom. The van der Waals surface area contributed by atoms with E-state index < -0.39 is 11.9 Å². The first kappa shape index (κ1) is 15.8. The molecule has 2 aromatic rings. The molecule has 2 rings (SSSR count). The number of hydrogen-bond acceptors (Lipinski definition) is 2. The molecule has 108 valence electrons. The first-order valence-electron chi connectivity index (χ1n) is 5.67. The van der Waals surface area contributed by atoms with Gasteiger partial charge in [0.05, 0.1) is 21.8 Å². The molecule has 1 amide bonds. The van der Waals surface area contributed by atoms with E-state index in [1.807, 2.05) is 0 Å². The Balaban J connectivity index is 2.31. The van der Waals surface area contributed by atoms with Crippen molar-refractivity contribution in [1.82, 2.24) is 0 Å². The Hall–Kier alpha value is -1.56. The molecule has 0 aliphatic rings.